The van der Waals surface area contributed by atoms with E-state index in [1.54, 1.807) is 13.2 Å². The number of benzene rings is 2. The molecule has 0 aliphatic rings. The number of halogens is 1. The zero-order valence-corrected chi connectivity index (χ0v) is 16.6. The van der Waals surface area contributed by atoms with Crippen molar-refractivity contribution < 1.29 is 23.5 Å². The molecule has 0 radical (unpaired) electrons. The van der Waals surface area contributed by atoms with Gasteiger partial charge in [-0.2, -0.15) is 0 Å². The first kappa shape index (κ1) is 21.6. The molecule has 2 aromatic rings. The summed E-state index contributed by atoms with van der Waals surface area (Å²) in [6, 6.07) is 11.0. The summed E-state index contributed by atoms with van der Waals surface area (Å²) in [6.45, 7) is 2.79. The first-order chi connectivity index (χ1) is 13.5. The Morgan fingerprint density at radius 3 is 2.43 bits per heavy atom. The maximum atomic E-state index is 12.8. The molecule has 0 saturated heterocycles. The first-order valence-electron chi connectivity index (χ1n) is 8.71. The molecule has 0 unspecified atom stereocenters. The fourth-order valence-corrected chi connectivity index (χ4v) is 2.96. The van der Waals surface area contributed by atoms with Gasteiger partial charge in [-0.05, 0) is 48.9 Å². The van der Waals surface area contributed by atoms with Gasteiger partial charge in [0.2, 0.25) is 11.8 Å². The minimum atomic E-state index is -0.366. The molecule has 2 aromatic carbocycles. The predicted octanol–water partition coefficient (Wildman–Crippen LogP) is 3.22. The number of hydrogen-bond donors (Lipinski definition) is 2. The molecule has 0 aliphatic carbocycles. The second-order valence-electron chi connectivity index (χ2n) is 5.74. The molecule has 8 heteroatoms. The van der Waals surface area contributed by atoms with E-state index < -0.39 is 0 Å². The Kier molecular flexibility index (Phi) is 8.61. The molecule has 0 fully saturated rings. The van der Waals surface area contributed by atoms with E-state index in [9.17, 15) is 14.0 Å². The summed E-state index contributed by atoms with van der Waals surface area (Å²) in [5.74, 6) is 0.762. The molecule has 150 valence electrons. The smallest absolute Gasteiger partial charge is 0.234 e. The molecule has 2 rings (SSSR count). The molecule has 0 saturated carbocycles. The maximum absolute atomic E-state index is 12.8. The summed E-state index contributed by atoms with van der Waals surface area (Å²) in [5.41, 5.74) is 1.40. The van der Waals surface area contributed by atoms with E-state index in [4.69, 9.17) is 9.47 Å². The van der Waals surface area contributed by atoms with Gasteiger partial charge < -0.3 is 20.1 Å². The SMILES string of the molecule is CCOc1ccc(CNC(=O)CSCC(=O)Nc2ccc(F)cc2)cc1OC. The van der Waals surface area contributed by atoms with Crippen LogP contribution in [0.4, 0.5) is 10.1 Å². The van der Waals surface area contributed by atoms with Crippen LogP contribution >= 0.6 is 11.8 Å². The van der Waals surface area contributed by atoms with E-state index in [1.165, 1.54) is 36.0 Å². The molecule has 0 aromatic heterocycles. The van der Waals surface area contributed by atoms with Crippen molar-refractivity contribution in [2.75, 3.05) is 30.5 Å². The average Bonchev–Trinajstić information content (AvgIpc) is 2.69. The van der Waals surface area contributed by atoms with Crippen LogP contribution < -0.4 is 20.1 Å². The van der Waals surface area contributed by atoms with Gasteiger partial charge in [0.25, 0.3) is 0 Å². The molecule has 0 bridgehead atoms. The molecule has 0 aliphatic heterocycles. The number of rotatable bonds is 10. The fraction of sp³-hybridized carbons (Fsp3) is 0.300. The van der Waals surface area contributed by atoms with Gasteiger partial charge in [-0.25, -0.2) is 4.39 Å². The lowest BCUT2D eigenvalue weighted by molar-refractivity contribution is -0.118. The Labute approximate surface area is 167 Å². The number of anilines is 1. The summed E-state index contributed by atoms with van der Waals surface area (Å²) in [7, 11) is 1.56. The Hall–Kier alpha value is -2.74. The summed E-state index contributed by atoms with van der Waals surface area (Å²) < 4.78 is 23.6. The predicted molar refractivity (Wildman–Crippen MR) is 108 cm³/mol. The van der Waals surface area contributed by atoms with Gasteiger partial charge in [0.15, 0.2) is 11.5 Å². The van der Waals surface area contributed by atoms with Crippen molar-refractivity contribution >= 4 is 29.3 Å². The molecular weight excluding hydrogens is 383 g/mol. The van der Waals surface area contributed by atoms with E-state index >= 15 is 0 Å². The topological polar surface area (TPSA) is 76.7 Å². The maximum Gasteiger partial charge on any atom is 0.234 e. The number of hydrogen-bond acceptors (Lipinski definition) is 5. The van der Waals surface area contributed by atoms with Crippen molar-refractivity contribution in [3.05, 3.63) is 53.8 Å². The molecule has 2 amide bonds. The van der Waals surface area contributed by atoms with E-state index in [1.807, 2.05) is 19.1 Å². The van der Waals surface area contributed by atoms with Crippen molar-refractivity contribution in [3.8, 4) is 11.5 Å². The highest BCUT2D eigenvalue weighted by Crippen LogP contribution is 2.27. The highest BCUT2D eigenvalue weighted by atomic mass is 32.2. The number of carbonyl (C=O) groups is 2. The highest BCUT2D eigenvalue weighted by molar-refractivity contribution is 8.00. The van der Waals surface area contributed by atoms with Crippen LogP contribution in [-0.4, -0.2) is 37.0 Å². The number of thioether (sulfide) groups is 1. The summed E-state index contributed by atoms with van der Waals surface area (Å²) in [5, 5.41) is 5.45. The van der Waals surface area contributed by atoms with Gasteiger partial charge in [-0.1, -0.05) is 6.07 Å². The van der Waals surface area contributed by atoms with Crippen LogP contribution in [0.15, 0.2) is 42.5 Å². The lowest BCUT2D eigenvalue weighted by Gasteiger charge is -2.11. The lowest BCUT2D eigenvalue weighted by atomic mass is 10.2. The standard InChI is InChI=1S/C20H23FN2O4S/c1-3-27-17-9-4-14(10-18(17)26-2)11-22-19(24)12-28-13-20(25)23-16-7-5-15(21)6-8-16/h4-10H,3,11-13H2,1-2H3,(H,22,24)(H,23,25). The molecule has 0 spiro atoms. The van der Waals surface area contributed by atoms with Crippen LogP contribution in [0.5, 0.6) is 11.5 Å². The van der Waals surface area contributed by atoms with Crippen LogP contribution in [0.3, 0.4) is 0 Å². The Bertz CT molecular complexity index is 799. The fourth-order valence-electron chi connectivity index (χ4n) is 2.32. The van der Waals surface area contributed by atoms with E-state index in [-0.39, 0.29) is 29.1 Å². The van der Waals surface area contributed by atoms with E-state index in [0.29, 0.717) is 30.3 Å². The largest absolute Gasteiger partial charge is 0.493 e. The number of ether oxygens (including phenoxy) is 2. The number of nitrogens with one attached hydrogen (secondary N) is 2. The van der Waals surface area contributed by atoms with Gasteiger partial charge in [0.05, 0.1) is 25.2 Å². The zero-order chi connectivity index (χ0) is 20.4. The van der Waals surface area contributed by atoms with Gasteiger partial charge in [0, 0.05) is 12.2 Å². The number of carbonyl (C=O) groups excluding carboxylic acids is 2. The lowest BCUT2D eigenvalue weighted by Crippen LogP contribution is -2.25. The normalized spacial score (nSPS) is 10.2. The van der Waals surface area contributed by atoms with Crippen molar-refractivity contribution in [1.82, 2.24) is 5.32 Å². The first-order valence-corrected chi connectivity index (χ1v) is 9.87. The van der Waals surface area contributed by atoms with Crippen LogP contribution in [0.25, 0.3) is 0 Å². The highest BCUT2D eigenvalue weighted by Gasteiger charge is 2.08. The minimum absolute atomic E-state index is 0.127. The molecule has 28 heavy (non-hydrogen) atoms. The van der Waals surface area contributed by atoms with Crippen molar-refractivity contribution in [3.63, 3.8) is 0 Å². The second-order valence-corrected chi connectivity index (χ2v) is 6.73. The van der Waals surface area contributed by atoms with Crippen molar-refractivity contribution in [1.29, 1.82) is 0 Å². The van der Waals surface area contributed by atoms with Gasteiger partial charge in [0.1, 0.15) is 5.82 Å². The van der Waals surface area contributed by atoms with Crippen LogP contribution in [0.2, 0.25) is 0 Å². The molecule has 6 nitrogen and oxygen atoms in total. The summed E-state index contributed by atoms with van der Waals surface area (Å²) in [4.78, 5) is 23.8. The third kappa shape index (κ3) is 7.11. The third-order valence-electron chi connectivity index (χ3n) is 3.61. The second kappa shape index (κ2) is 11.2. The molecule has 0 heterocycles. The quantitative estimate of drug-likeness (QED) is 0.634. The van der Waals surface area contributed by atoms with E-state index in [2.05, 4.69) is 10.6 Å². The van der Waals surface area contributed by atoms with Crippen LogP contribution in [0.1, 0.15) is 12.5 Å². The molecule has 0 atom stereocenters. The zero-order valence-electron chi connectivity index (χ0n) is 15.8. The monoisotopic (exact) mass is 406 g/mol. The van der Waals surface area contributed by atoms with Crippen LogP contribution in [0, 0.1) is 5.82 Å². The van der Waals surface area contributed by atoms with E-state index in [0.717, 1.165) is 5.56 Å². The average molecular weight is 406 g/mol. The Morgan fingerprint density at radius 1 is 1.04 bits per heavy atom. The number of amides is 2. The minimum Gasteiger partial charge on any atom is -0.493 e. The number of methoxy groups -OCH3 is 1. The third-order valence-corrected chi connectivity index (χ3v) is 4.54. The van der Waals surface area contributed by atoms with Crippen LogP contribution in [-0.2, 0) is 16.1 Å². The van der Waals surface area contributed by atoms with Gasteiger partial charge in [-0.3, -0.25) is 9.59 Å². The molecule has 2 N–H and O–H groups in total. The summed E-state index contributed by atoms with van der Waals surface area (Å²) >= 11 is 1.20. The van der Waals surface area contributed by atoms with Crippen molar-refractivity contribution in [2.45, 2.75) is 13.5 Å². The Balaban J connectivity index is 1.71. The van der Waals surface area contributed by atoms with Gasteiger partial charge in [-0.15, -0.1) is 11.8 Å². The van der Waals surface area contributed by atoms with Gasteiger partial charge >= 0.3 is 0 Å². The van der Waals surface area contributed by atoms with Crippen molar-refractivity contribution in [2.24, 2.45) is 0 Å². The molecular formula is C20H23FN2O4S. The Morgan fingerprint density at radius 2 is 1.75 bits per heavy atom. The summed E-state index contributed by atoms with van der Waals surface area (Å²) in [6.07, 6.45) is 0.